The minimum atomic E-state index is -0.970. The zero-order valence-corrected chi connectivity index (χ0v) is 8.43. The number of nitrogens with zero attached hydrogens (tertiary/aromatic N) is 1. The van der Waals surface area contributed by atoms with Crippen molar-refractivity contribution in [2.24, 2.45) is 0 Å². The average Bonchev–Trinajstić information content (AvgIpc) is 2.47. The number of hydrogen-bond donors (Lipinski definition) is 2. The molecule has 0 aromatic heterocycles. The van der Waals surface area contributed by atoms with E-state index in [1.54, 1.807) is 0 Å². The Hall–Kier alpha value is -2.04. The summed E-state index contributed by atoms with van der Waals surface area (Å²) in [7, 11) is 0. The van der Waals surface area contributed by atoms with E-state index < -0.39 is 11.5 Å². The summed E-state index contributed by atoms with van der Waals surface area (Å²) in [5, 5.41) is 11.6. The van der Waals surface area contributed by atoms with Gasteiger partial charge in [0.2, 0.25) is 5.91 Å². The van der Waals surface area contributed by atoms with Crippen LogP contribution in [0.2, 0.25) is 0 Å². The Morgan fingerprint density at radius 1 is 1.38 bits per heavy atom. The molecular formula is C11H10N2O3. The zero-order valence-electron chi connectivity index (χ0n) is 8.43. The third-order valence-electron chi connectivity index (χ3n) is 3.32. The van der Waals surface area contributed by atoms with Crippen LogP contribution in [0.4, 0.5) is 10.5 Å². The molecule has 16 heavy (non-hydrogen) atoms. The van der Waals surface area contributed by atoms with Gasteiger partial charge in [-0.15, -0.1) is 0 Å². The molecule has 2 N–H and O–H groups in total. The van der Waals surface area contributed by atoms with Gasteiger partial charge in [-0.3, -0.25) is 4.79 Å². The molecule has 0 bridgehead atoms. The first-order valence-corrected chi connectivity index (χ1v) is 5.02. The summed E-state index contributed by atoms with van der Waals surface area (Å²) >= 11 is 0. The number of carboxylic acid groups (broad SMARTS) is 1. The minimum Gasteiger partial charge on any atom is -0.465 e. The summed E-state index contributed by atoms with van der Waals surface area (Å²) in [5.74, 6) is -0.0915. The van der Waals surface area contributed by atoms with Crippen LogP contribution in [0.5, 0.6) is 0 Å². The van der Waals surface area contributed by atoms with Crippen molar-refractivity contribution in [2.45, 2.75) is 5.41 Å². The summed E-state index contributed by atoms with van der Waals surface area (Å²) in [6.45, 7) is 0.510. The molecule has 0 atom stereocenters. The van der Waals surface area contributed by atoms with Crippen LogP contribution in [0.1, 0.15) is 5.56 Å². The Bertz CT molecular complexity index is 492. The van der Waals surface area contributed by atoms with Gasteiger partial charge in [0.25, 0.3) is 0 Å². The van der Waals surface area contributed by atoms with Crippen LogP contribution in [-0.4, -0.2) is 35.1 Å². The number of anilines is 1. The van der Waals surface area contributed by atoms with Gasteiger partial charge < -0.3 is 15.3 Å². The summed E-state index contributed by atoms with van der Waals surface area (Å²) in [6.07, 6.45) is -0.970. The first kappa shape index (κ1) is 9.21. The number of amides is 2. The maximum absolute atomic E-state index is 11.9. The van der Waals surface area contributed by atoms with Crippen LogP contribution in [0, 0.1) is 0 Å². The SMILES string of the molecule is O=C(O)N1CC2(C1)C(=O)Nc1ccccc12. The Morgan fingerprint density at radius 2 is 2.06 bits per heavy atom. The number of benzene rings is 1. The predicted molar refractivity (Wildman–Crippen MR) is 56.3 cm³/mol. The van der Waals surface area contributed by atoms with Gasteiger partial charge in [-0.05, 0) is 11.6 Å². The van der Waals surface area contributed by atoms with E-state index in [9.17, 15) is 9.59 Å². The fourth-order valence-electron chi connectivity index (χ4n) is 2.43. The van der Waals surface area contributed by atoms with E-state index in [-0.39, 0.29) is 19.0 Å². The first-order chi connectivity index (χ1) is 7.63. The van der Waals surface area contributed by atoms with Crippen LogP contribution in [-0.2, 0) is 10.2 Å². The Labute approximate surface area is 91.7 Å². The quantitative estimate of drug-likeness (QED) is 0.678. The molecule has 2 amide bonds. The fraction of sp³-hybridized carbons (Fsp3) is 0.273. The molecule has 1 aromatic rings. The summed E-state index contributed by atoms with van der Waals surface area (Å²) in [4.78, 5) is 23.9. The van der Waals surface area contributed by atoms with Gasteiger partial charge >= 0.3 is 6.09 Å². The van der Waals surface area contributed by atoms with Gasteiger partial charge in [0.15, 0.2) is 0 Å². The van der Waals surface area contributed by atoms with Gasteiger partial charge in [-0.25, -0.2) is 4.79 Å². The van der Waals surface area contributed by atoms with Crippen LogP contribution in [0.3, 0.4) is 0 Å². The van der Waals surface area contributed by atoms with Crippen molar-refractivity contribution in [2.75, 3.05) is 18.4 Å². The molecule has 1 spiro atoms. The van der Waals surface area contributed by atoms with Gasteiger partial charge in [0, 0.05) is 18.8 Å². The molecule has 0 radical (unpaired) electrons. The normalized spacial score (nSPS) is 20.2. The number of likely N-dealkylation sites (tertiary alicyclic amines) is 1. The van der Waals surface area contributed by atoms with E-state index in [1.165, 1.54) is 4.90 Å². The number of fused-ring (bicyclic) bond motifs is 2. The summed E-state index contributed by atoms with van der Waals surface area (Å²) in [6, 6.07) is 7.44. The van der Waals surface area contributed by atoms with Crippen LogP contribution >= 0.6 is 0 Å². The molecule has 2 heterocycles. The number of rotatable bonds is 0. The van der Waals surface area contributed by atoms with Gasteiger partial charge in [-0.2, -0.15) is 0 Å². The summed E-state index contributed by atoms with van der Waals surface area (Å²) in [5.41, 5.74) is 1.07. The van der Waals surface area contributed by atoms with E-state index in [4.69, 9.17) is 5.11 Å². The molecule has 82 valence electrons. The lowest BCUT2D eigenvalue weighted by Gasteiger charge is -2.44. The standard InChI is InChI=1S/C11H10N2O3/c14-9-11(5-13(6-11)10(15)16)7-3-1-2-4-8(7)12-9/h1-4H,5-6H2,(H,12,14)(H,15,16). The second-order valence-corrected chi connectivity index (χ2v) is 4.22. The zero-order chi connectivity index (χ0) is 11.3. The lowest BCUT2D eigenvalue weighted by atomic mass is 9.75. The Balaban J connectivity index is 1.99. The highest BCUT2D eigenvalue weighted by Gasteiger charge is 2.56. The third-order valence-corrected chi connectivity index (χ3v) is 3.32. The maximum atomic E-state index is 11.9. The van der Waals surface area contributed by atoms with E-state index in [1.807, 2.05) is 24.3 Å². The molecule has 1 saturated heterocycles. The van der Waals surface area contributed by atoms with Crippen molar-refractivity contribution >= 4 is 17.7 Å². The molecule has 1 fully saturated rings. The number of carbonyl (C=O) groups is 2. The van der Waals surface area contributed by atoms with Crippen molar-refractivity contribution in [3.63, 3.8) is 0 Å². The van der Waals surface area contributed by atoms with Crippen molar-refractivity contribution in [3.05, 3.63) is 29.8 Å². The monoisotopic (exact) mass is 218 g/mol. The van der Waals surface area contributed by atoms with Crippen LogP contribution in [0.25, 0.3) is 0 Å². The number of carbonyl (C=O) groups excluding carboxylic acids is 1. The molecule has 0 saturated carbocycles. The van der Waals surface area contributed by atoms with E-state index in [0.717, 1.165) is 11.3 Å². The molecule has 0 unspecified atom stereocenters. The highest BCUT2D eigenvalue weighted by molar-refractivity contribution is 6.08. The minimum absolute atomic E-state index is 0.0915. The van der Waals surface area contributed by atoms with Crippen molar-refractivity contribution in [3.8, 4) is 0 Å². The molecule has 5 heteroatoms. The number of nitrogens with one attached hydrogen (secondary N) is 1. The molecule has 2 aliphatic heterocycles. The van der Waals surface area contributed by atoms with Gasteiger partial charge in [0.05, 0.1) is 0 Å². The van der Waals surface area contributed by atoms with Crippen molar-refractivity contribution < 1.29 is 14.7 Å². The highest BCUT2D eigenvalue weighted by atomic mass is 16.4. The van der Waals surface area contributed by atoms with Crippen LogP contribution in [0.15, 0.2) is 24.3 Å². The number of hydrogen-bond acceptors (Lipinski definition) is 2. The molecule has 3 rings (SSSR count). The van der Waals surface area contributed by atoms with E-state index >= 15 is 0 Å². The Kier molecular flexibility index (Phi) is 1.58. The molecule has 5 nitrogen and oxygen atoms in total. The lowest BCUT2D eigenvalue weighted by molar-refractivity contribution is -0.125. The molecule has 1 aromatic carbocycles. The van der Waals surface area contributed by atoms with Crippen molar-refractivity contribution in [1.82, 2.24) is 4.90 Å². The molecule has 0 aliphatic carbocycles. The van der Waals surface area contributed by atoms with E-state index in [0.29, 0.717) is 0 Å². The average molecular weight is 218 g/mol. The lowest BCUT2D eigenvalue weighted by Crippen LogP contribution is -2.64. The predicted octanol–water partition coefficient (Wildman–Crippen LogP) is 0.870. The Morgan fingerprint density at radius 3 is 2.75 bits per heavy atom. The first-order valence-electron chi connectivity index (χ1n) is 5.02. The third kappa shape index (κ3) is 0.946. The van der Waals surface area contributed by atoms with Crippen molar-refractivity contribution in [1.29, 1.82) is 0 Å². The van der Waals surface area contributed by atoms with Crippen LogP contribution < -0.4 is 5.32 Å². The number of para-hydroxylation sites is 1. The maximum Gasteiger partial charge on any atom is 0.407 e. The molecule has 2 aliphatic rings. The fourth-order valence-corrected chi connectivity index (χ4v) is 2.43. The smallest absolute Gasteiger partial charge is 0.407 e. The van der Waals surface area contributed by atoms with E-state index in [2.05, 4.69) is 5.32 Å². The largest absolute Gasteiger partial charge is 0.465 e. The second kappa shape index (κ2) is 2.75. The van der Waals surface area contributed by atoms with Gasteiger partial charge in [0.1, 0.15) is 5.41 Å². The topological polar surface area (TPSA) is 69.6 Å². The molecular weight excluding hydrogens is 208 g/mol. The summed E-state index contributed by atoms with van der Waals surface area (Å²) < 4.78 is 0. The highest BCUT2D eigenvalue weighted by Crippen LogP contribution is 2.43. The van der Waals surface area contributed by atoms with Gasteiger partial charge in [-0.1, -0.05) is 18.2 Å². The second-order valence-electron chi connectivity index (χ2n) is 4.22.